The molecule has 3 heterocycles. The van der Waals surface area contributed by atoms with Crippen molar-refractivity contribution in [1.82, 2.24) is 25.0 Å². The van der Waals surface area contributed by atoms with Gasteiger partial charge in [-0.15, -0.1) is 21.5 Å². The van der Waals surface area contributed by atoms with Crippen LogP contribution in [0.5, 0.6) is 0 Å². The van der Waals surface area contributed by atoms with Crippen LogP contribution in [-0.2, 0) is 24.2 Å². The summed E-state index contributed by atoms with van der Waals surface area (Å²) >= 11 is 1.50. The summed E-state index contributed by atoms with van der Waals surface area (Å²) in [6, 6.07) is 0.168. The van der Waals surface area contributed by atoms with Crippen molar-refractivity contribution < 1.29 is 9.59 Å². The van der Waals surface area contributed by atoms with Gasteiger partial charge < -0.3 is 14.8 Å². The standard InChI is InChI=1S/C20H25N5O3S/c1-3-17(26)24-9-7-15-13(10-24)11-25(14-4-5-14)20(28)18(15)19(27)21-8-6-16-23-22-12(2)29-16/h11,14H,3-10H2,1-2H3,(H,21,27). The summed E-state index contributed by atoms with van der Waals surface area (Å²) in [6.07, 6.45) is 5.34. The van der Waals surface area contributed by atoms with E-state index in [9.17, 15) is 14.4 Å². The summed E-state index contributed by atoms with van der Waals surface area (Å²) in [5, 5.41) is 12.7. The molecule has 0 saturated heterocycles. The van der Waals surface area contributed by atoms with E-state index in [0.717, 1.165) is 34.0 Å². The first-order valence-electron chi connectivity index (χ1n) is 10.1. The summed E-state index contributed by atoms with van der Waals surface area (Å²) in [4.78, 5) is 40.0. The summed E-state index contributed by atoms with van der Waals surface area (Å²) in [5.74, 6) is -0.240. The first-order chi connectivity index (χ1) is 14.0. The van der Waals surface area contributed by atoms with Crippen molar-refractivity contribution in [3.05, 3.63) is 43.3 Å². The molecule has 8 nitrogen and oxygen atoms in total. The van der Waals surface area contributed by atoms with E-state index < -0.39 is 0 Å². The minimum absolute atomic E-state index is 0.0955. The van der Waals surface area contributed by atoms with Crippen LogP contribution in [0.4, 0.5) is 0 Å². The van der Waals surface area contributed by atoms with Crippen LogP contribution in [0.3, 0.4) is 0 Å². The molecule has 29 heavy (non-hydrogen) atoms. The van der Waals surface area contributed by atoms with Gasteiger partial charge in [0.05, 0.1) is 0 Å². The number of hydrogen-bond acceptors (Lipinski definition) is 6. The number of pyridine rings is 1. The van der Waals surface area contributed by atoms with Gasteiger partial charge in [0.15, 0.2) is 0 Å². The predicted molar refractivity (Wildman–Crippen MR) is 109 cm³/mol. The lowest BCUT2D eigenvalue weighted by atomic mass is 9.95. The van der Waals surface area contributed by atoms with Gasteiger partial charge in [0.2, 0.25) is 5.91 Å². The number of hydrogen-bond donors (Lipinski definition) is 1. The average molecular weight is 416 g/mol. The lowest BCUT2D eigenvalue weighted by Crippen LogP contribution is -2.41. The van der Waals surface area contributed by atoms with Gasteiger partial charge in [-0.1, -0.05) is 6.92 Å². The van der Waals surface area contributed by atoms with E-state index in [2.05, 4.69) is 15.5 Å². The Morgan fingerprint density at radius 2 is 2.10 bits per heavy atom. The average Bonchev–Trinajstić information content (AvgIpc) is 3.48. The van der Waals surface area contributed by atoms with Crippen LogP contribution in [0.2, 0.25) is 0 Å². The summed E-state index contributed by atoms with van der Waals surface area (Å²) in [5.41, 5.74) is 1.72. The molecule has 2 aromatic rings. The van der Waals surface area contributed by atoms with Gasteiger partial charge >= 0.3 is 0 Å². The number of aryl methyl sites for hydroxylation is 1. The molecule has 154 valence electrons. The molecule has 2 amide bonds. The van der Waals surface area contributed by atoms with Gasteiger partial charge in [-0.25, -0.2) is 0 Å². The molecule has 0 unspecified atom stereocenters. The van der Waals surface area contributed by atoms with Crippen molar-refractivity contribution >= 4 is 23.2 Å². The van der Waals surface area contributed by atoms with Crippen molar-refractivity contribution in [2.45, 2.75) is 58.5 Å². The van der Waals surface area contributed by atoms with Crippen molar-refractivity contribution in [2.24, 2.45) is 0 Å². The molecule has 1 saturated carbocycles. The predicted octanol–water partition coefficient (Wildman–Crippen LogP) is 1.61. The zero-order chi connectivity index (χ0) is 20.5. The largest absolute Gasteiger partial charge is 0.351 e. The number of nitrogens with one attached hydrogen (secondary N) is 1. The summed E-state index contributed by atoms with van der Waals surface area (Å²) in [7, 11) is 0. The highest BCUT2D eigenvalue weighted by Gasteiger charge is 2.32. The summed E-state index contributed by atoms with van der Waals surface area (Å²) in [6.45, 7) is 5.14. The third-order valence-corrected chi connectivity index (χ3v) is 6.34. The molecule has 9 heteroatoms. The van der Waals surface area contributed by atoms with Crippen molar-refractivity contribution in [1.29, 1.82) is 0 Å². The molecule has 0 radical (unpaired) electrons. The number of rotatable bonds is 6. The third kappa shape index (κ3) is 4.10. The van der Waals surface area contributed by atoms with Crippen molar-refractivity contribution in [3.8, 4) is 0 Å². The maximum atomic E-state index is 13.1. The zero-order valence-electron chi connectivity index (χ0n) is 16.7. The number of carbonyl (C=O) groups excluding carboxylic acids is 2. The van der Waals surface area contributed by atoms with E-state index in [1.54, 1.807) is 4.57 Å². The van der Waals surface area contributed by atoms with Gasteiger partial charge in [-0.2, -0.15) is 0 Å². The van der Waals surface area contributed by atoms with Crippen LogP contribution >= 0.6 is 11.3 Å². The molecular weight excluding hydrogens is 390 g/mol. The minimum atomic E-state index is -0.335. The lowest BCUT2D eigenvalue weighted by Gasteiger charge is -2.30. The lowest BCUT2D eigenvalue weighted by molar-refractivity contribution is -0.131. The number of aromatic nitrogens is 3. The monoisotopic (exact) mass is 415 g/mol. The number of fused-ring (bicyclic) bond motifs is 1. The Labute approximate surface area is 172 Å². The number of nitrogens with zero attached hydrogens (tertiary/aromatic N) is 4. The third-order valence-electron chi connectivity index (χ3n) is 5.44. The Morgan fingerprint density at radius 3 is 2.76 bits per heavy atom. The van der Waals surface area contributed by atoms with E-state index in [-0.39, 0.29) is 29.0 Å². The second-order valence-electron chi connectivity index (χ2n) is 7.59. The maximum Gasteiger partial charge on any atom is 0.263 e. The van der Waals surface area contributed by atoms with Crippen LogP contribution < -0.4 is 10.9 Å². The fourth-order valence-electron chi connectivity index (χ4n) is 3.78. The Bertz CT molecular complexity index is 1010. The highest BCUT2D eigenvalue weighted by atomic mass is 32.1. The van der Waals surface area contributed by atoms with E-state index in [1.807, 2.05) is 24.9 Å². The molecule has 0 bridgehead atoms. The van der Waals surface area contributed by atoms with Gasteiger partial charge in [0, 0.05) is 44.7 Å². The van der Waals surface area contributed by atoms with Gasteiger partial charge in [0.25, 0.3) is 11.5 Å². The van der Waals surface area contributed by atoms with Crippen LogP contribution in [0.25, 0.3) is 0 Å². The molecule has 1 aliphatic heterocycles. The normalized spacial score (nSPS) is 15.9. The Balaban J connectivity index is 1.58. The van der Waals surface area contributed by atoms with Crippen LogP contribution in [0, 0.1) is 6.92 Å². The minimum Gasteiger partial charge on any atom is -0.351 e. The Hall–Kier alpha value is -2.55. The molecular formula is C20H25N5O3S. The zero-order valence-corrected chi connectivity index (χ0v) is 17.5. The molecule has 1 fully saturated rings. The van der Waals surface area contributed by atoms with E-state index >= 15 is 0 Å². The second-order valence-corrected chi connectivity index (χ2v) is 8.86. The van der Waals surface area contributed by atoms with Gasteiger partial charge in [-0.3, -0.25) is 14.4 Å². The number of amides is 2. The Kier molecular flexibility index (Phi) is 5.49. The molecule has 0 aromatic carbocycles. The van der Waals surface area contributed by atoms with E-state index in [0.29, 0.717) is 38.9 Å². The highest BCUT2D eigenvalue weighted by Crippen LogP contribution is 2.34. The van der Waals surface area contributed by atoms with Crippen molar-refractivity contribution in [2.75, 3.05) is 13.1 Å². The number of carbonyl (C=O) groups is 2. The molecule has 2 aromatic heterocycles. The molecule has 4 rings (SSSR count). The summed E-state index contributed by atoms with van der Waals surface area (Å²) < 4.78 is 1.70. The Morgan fingerprint density at radius 1 is 1.31 bits per heavy atom. The fourth-order valence-corrected chi connectivity index (χ4v) is 4.49. The molecule has 1 aliphatic carbocycles. The smallest absolute Gasteiger partial charge is 0.263 e. The first-order valence-corrected chi connectivity index (χ1v) is 10.9. The maximum absolute atomic E-state index is 13.1. The van der Waals surface area contributed by atoms with E-state index in [1.165, 1.54) is 11.3 Å². The molecule has 2 aliphatic rings. The highest BCUT2D eigenvalue weighted by molar-refractivity contribution is 7.11. The molecule has 0 spiro atoms. The molecule has 1 N–H and O–H groups in total. The first kappa shape index (κ1) is 19.8. The second kappa shape index (κ2) is 8.06. The quantitative estimate of drug-likeness (QED) is 0.773. The van der Waals surface area contributed by atoms with Gasteiger partial charge in [-0.05, 0) is 37.3 Å². The van der Waals surface area contributed by atoms with Gasteiger partial charge in [0.1, 0.15) is 15.6 Å². The van der Waals surface area contributed by atoms with Crippen LogP contribution in [-0.4, -0.2) is 44.6 Å². The van der Waals surface area contributed by atoms with Crippen LogP contribution in [0.1, 0.15) is 63.7 Å². The van der Waals surface area contributed by atoms with Crippen molar-refractivity contribution in [3.63, 3.8) is 0 Å². The topological polar surface area (TPSA) is 97.2 Å². The molecule has 0 atom stereocenters. The SMILES string of the molecule is CCC(=O)N1CCc2c(cn(C3CC3)c(=O)c2C(=O)NCCc2nnc(C)s2)C1. The van der Waals surface area contributed by atoms with E-state index in [4.69, 9.17) is 0 Å². The fraction of sp³-hybridized carbons (Fsp3) is 0.550. The van der Waals surface area contributed by atoms with Crippen LogP contribution in [0.15, 0.2) is 11.0 Å².